The second kappa shape index (κ2) is 10.3. The average molecular weight is 493 g/mol. The zero-order chi connectivity index (χ0) is 24.2. The van der Waals surface area contributed by atoms with Gasteiger partial charge in [0.15, 0.2) is 0 Å². The van der Waals surface area contributed by atoms with E-state index >= 15 is 0 Å². The van der Waals surface area contributed by atoms with E-state index in [9.17, 15) is 13.2 Å². The van der Waals surface area contributed by atoms with Crippen molar-refractivity contribution in [3.05, 3.63) is 58.6 Å². The zero-order valence-electron chi connectivity index (χ0n) is 19.7. The number of rotatable bonds is 9. The fraction of sp³-hybridized carbons (Fsp3) is 0.480. The number of aryl methyl sites for hydroxylation is 1. The van der Waals surface area contributed by atoms with Crippen molar-refractivity contribution in [1.82, 2.24) is 5.32 Å². The van der Waals surface area contributed by atoms with Crippen LogP contribution in [0.1, 0.15) is 63.1 Å². The largest absolute Gasteiger partial charge is 0.487 e. The first kappa shape index (κ1) is 25.4. The zero-order valence-corrected chi connectivity index (χ0v) is 21.3. The van der Waals surface area contributed by atoms with Crippen LogP contribution in [0.15, 0.2) is 42.5 Å². The highest BCUT2D eigenvalue weighted by Crippen LogP contribution is 2.42. The molecule has 1 aliphatic rings. The van der Waals surface area contributed by atoms with E-state index in [4.69, 9.17) is 16.3 Å². The predicted octanol–water partition coefficient (Wildman–Crippen LogP) is 5.39. The Morgan fingerprint density at radius 3 is 2.58 bits per heavy atom. The maximum atomic E-state index is 12.9. The minimum absolute atomic E-state index is 0.103. The molecule has 0 radical (unpaired) electrons. The molecule has 2 aromatic rings. The molecule has 33 heavy (non-hydrogen) atoms. The summed E-state index contributed by atoms with van der Waals surface area (Å²) in [6, 6.07) is 12.9. The molecule has 6 nitrogen and oxygen atoms in total. The first-order valence-corrected chi connectivity index (χ1v) is 13.6. The highest BCUT2D eigenvalue weighted by molar-refractivity contribution is 7.92. The van der Waals surface area contributed by atoms with Gasteiger partial charge in [0.05, 0.1) is 18.0 Å². The maximum Gasteiger partial charge on any atom is 0.232 e. The molecular weight excluding hydrogens is 460 g/mol. The average Bonchev–Trinajstić information content (AvgIpc) is 2.77. The molecule has 3 rings (SSSR count). The second-order valence-corrected chi connectivity index (χ2v) is 11.1. The number of fused-ring (bicyclic) bond motifs is 1. The van der Waals surface area contributed by atoms with Gasteiger partial charge in [0.25, 0.3) is 0 Å². The van der Waals surface area contributed by atoms with Gasteiger partial charge in [-0.05, 0) is 49.9 Å². The Bertz CT molecular complexity index is 1100. The molecule has 0 bridgehead atoms. The van der Waals surface area contributed by atoms with Crippen LogP contribution < -0.4 is 14.4 Å². The third-order valence-electron chi connectivity index (χ3n) is 6.43. The van der Waals surface area contributed by atoms with Gasteiger partial charge >= 0.3 is 0 Å². The van der Waals surface area contributed by atoms with Crippen LogP contribution >= 0.6 is 11.6 Å². The van der Waals surface area contributed by atoms with E-state index in [2.05, 4.69) is 19.2 Å². The Morgan fingerprint density at radius 2 is 1.91 bits per heavy atom. The van der Waals surface area contributed by atoms with E-state index < -0.39 is 10.0 Å². The van der Waals surface area contributed by atoms with Crippen LogP contribution in [0.4, 0.5) is 5.69 Å². The molecule has 1 amide bonds. The van der Waals surface area contributed by atoms with Crippen LogP contribution in [-0.4, -0.2) is 32.7 Å². The minimum atomic E-state index is -3.52. The Morgan fingerprint density at radius 1 is 1.21 bits per heavy atom. The molecule has 0 aromatic heterocycles. The number of amides is 1. The lowest BCUT2D eigenvalue weighted by molar-refractivity contribution is -0.122. The van der Waals surface area contributed by atoms with Crippen molar-refractivity contribution in [3.63, 3.8) is 0 Å². The number of carbonyl (C=O) groups is 1. The van der Waals surface area contributed by atoms with Gasteiger partial charge in [-0.15, -0.1) is 0 Å². The molecule has 0 unspecified atom stereocenters. The summed E-state index contributed by atoms with van der Waals surface area (Å²) >= 11 is 6.10. The fourth-order valence-corrected chi connectivity index (χ4v) is 5.58. The van der Waals surface area contributed by atoms with Gasteiger partial charge in [-0.3, -0.25) is 9.10 Å². The molecule has 2 aromatic carbocycles. The van der Waals surface area contributed by atoms with E-state index in [0.29, 0.717) is 23.6 Å². The van der Waals surface area contributed by atoms with Crippen LogP contribution in [0.5, 0.6) is 5.75 Å². The van der Waals surface area contributed by atoms with Crippen molar-refractivity contribution < 1.29 is 17.9 Å². The number of para-hydroxylation sites is 1. The monoisotopic (exact) mass is 492 g/mol. The Hall–Kier alpha value is -2.25. The smallest absolute Gasteiger partial charge is 0.232 e. The summed E-state index contributed by atoms with van der Waals surface area (Å²) in [7, 11) is -3.52. The highest BCUT2D eigenvalue weighted by Gasteiger charge is 2.38. The van der Waals surface area contributed by atoms with Crippen LogP contribution in [-0.2, 0) is 14.8 Å². The summed E-state index contributed by atoms with van der Waals surface area (Å²) in [5, 5.41) is 3.63. The normalized spacial score (nSPS) is 17.1. The number of halogens is 1. The number of carbonyl (C=O) groups excluding carboxylic acids is 1. The fourth-order valence-electron chi connectivity index (χ4n) is 4.40. The molecule has 1 aliphatic heterocycles. The van der Waals surface area contributed by atoms with Gasteiger partial charge in [0.1, 0.15) is 11.4 Å². The highest BCUT2D eigenvalue weighted by atomic mass is 35.5. The van der Waals surface area contributed by atoms with Crippen molar-refractivity contribution in [2.75, 3.05) is 17.1 Å². The van der Waals surface area contributed by atoms with Crippen LogP contribution in [0, 0.1) is 6.92 Å². The molecule has 1 atom stereocenters. The molecule has 1 heterocycles. The van der Waals surface area contributed by atoms with Gasteiger partial charge in [-0.25, -0.2) is 8.42 Å². The summed E-state index contributed by atoms with van der Waals surface area (Å²) < 4.78 is 32.5. The lowest BCUT2D eigenvalue weighted by Crippen LogP contribution is -2.44. The van der Waals surface area contributed by atoms with Crippen molar-refractivity contribution >= 4 is 33.2 Å². The predicted molar refractivity (Wildman–Crippen MR) is 133 cm³/mol. The number of nitrogens with one attached hydrogen (secondary N) is 1. The quantitative estimate of drug-likeness (QED) is 0.509. The van der Waals surface area contributed by atoms with Crippen molar-refractivity contribution in [2.24, 2.45) is 0 Å². The molecule has 0 saturated carbocycles. The molecule has 0 spiro atoms. The number of hydrogen-bond donors (Lipinski definition) is 1. The Kier molecular flexibility index (Phi) is 7.96. The topological polar surface area (TPSA) is 75.7 Å². The van der Waals surface area contributed by atoms with Gasteiger partial charge in [0.2, 0.25) is 15.9 Å². The third-order valence-corrected chi connectivity index (χ3v) is 7.84. The number of sulfonamides is 1. The molecule has 0 aliphatic carbocycles. The summed E-state index contributed by atoms with van der Waals surface area (Å²) in [4.78, 5) is 12.9. The molecule has 8 heteroatoms. The molecule has 1 N–H and O–H groups in total. The first-order valence-electron chi connectivity index (χ1n) is 11.4. The SMILES string of the molecule is CCC1(CC)C[C@@H](NC(=O)CCCN(c2cc(Cl)ccc2C)S(C)(=O)=O)c2ccccc2O1. The van der Waals surface area contributed by atoms with E-state index in [1.54, 1.807) is 18.2 Å². The summed E-state index contributed by atoms with van der Waals surface area (Å²) in [6.45, 7) is 6.25. The molecular formula is C25H33ClN2O4S. The summed E-state index contributed by atoms with van der Waals surface area (Å²) in [6.07, 6.45) is 4.19. The van der Waals surface area contributed by atoms with Crippen molar-refractivity contribution in [3.8, 4) is 5.75 Å². The van der Waals surface area contributed by atoms with Crippen molar-refractivity contribution in [1.29, 1.82) is 0 Å². The van der Waals surface area contributed by atoms with Gasteiger partial charge in [0, 0.05) is 30.0 Å². The van der Waals surface area contributed by atoms with Gasteiger partial charge < -0.3 is 10.1 Å². The second-order valence-electron chi connectivity index (χ2n) is 8.72. The number of ether oxygens (including phenoxy) is 1. The van der Waals surface area contributed by atoms with E-state index in [1.165, 1.54) is 10.6 Å². The number of hydrogen-bond acceptors (Lipinski definition) is 4. The number of anilines is 1. The number of nitrogens with zero attached hydrogens (tertiary/aromatic N) is 1. The Labute approximate surface area is 202 Å². The third kappa shape index (κ3) is 6.01. The van der Waals surface area contributed by atoms with Gasteiger partial charge in [-0.1, -0.05) is 49.7 Å². The van der Waals surface area contributed by atoms with Crippen LogP contribution in [0.25, 0.3) is 0 Å². The maximum absolute atomic E-state index is 12.9. The van der Waals surface area contributed by atoms with E-state index in [-0.39, 0.29) is 30.5 Å². The standard InChI is InChI=1S/C25H33ClN2O4S/c1-5-25(6-2)17-21(20-10-7-8-11-23(20)32-25)27-24(29)12-9-15-28(33(4,30)31)22-16-19(26)14-13-18(22)3/h7-8,10-11,13-14,16,21H,5-6,9,12,15,17H2,1-4H3,(H,27,29)/t21-/m1/s1. The molecule has 180 valence electrons. The number of benzene rings is 2. The van der Waals surface area contributed by atoms with E-state index in [0.717, 1.165) is 29.7 Å². The molecule has 0 fully saturated rings. The summed E-state index contributed by atoms with van der Waals surface area (Å²) in [5.41, 5.74) is 2.03. The van der Waals surface area contributed by atoms with Crippen molar-refractivity contribution in [2.45, 2.75) is 64.5 Å². The van der Waals surface area contributed by atoms with Crippen LogP contribution in [0.2, 0.25) is 5.02 Å². The van der Waals surface area contributed by atoms with E-state index in [1.807, 2.05) is 31.2 Å². The molecule has 0 saturated heterocycles. The summed E-state index contributed by atoms with van der Waals surface area (Å²) in [5.74, 6) is 0.714. The van der Waals surface area contributed by atoms with Crippen LogP contribution in [0.3, 0.4) is 0 Å². The lowest BCUT2D eigenvalue weighted by atomic mass is 9.83. The first-order chi connectivity index (χ1) is 15.6. The minimum Gasteiger partial charge on any atom is -0.487 e. The van der Waals surface area contributed by atoms with Gasteiger partial charge in [-0.2, -0.15) is 0 Å². The lowest BCUT2D eigenvalue weighted by Gasteiger charge is -2.41. The Balaban J connectivity index is 1.69.